The molecule has 1 N–H and O–H groups in total. The number of benzene rings is 2. The normalized spacial score (nSPS) is 12.8. The van der Waals surface area contributed by atoms with Crippen molar-refractivity contribution in [3.05, 3.63) is 46.4 Å². The molecule has 5 heteroatoms. The predicted octanol–water partition coefficient (Wildman–Crippen LogP) is 6.62. The summed E-state index contributed by atoms with van der Waals surface area (Å²) in [6.45, 7) is 10.0. The molecule has 144 valence electrons. The Bertz CT molecular complexity index is 862. The number of fused-ring (bicyclic) bond motifs is 2. The van der Waals surface area contributed by atoms with Crippen LogP contribution in [0.15, 0.2) is 36.4 Å². The molecule has 0 saturated carbocycles. The third-order valence-corrected chi connectivity index (χ3v) is 5.56. The van der Waals surface area contributed by atoms with E-state index >= 15 is 0 Å². The van der Waals surface area contributed by atoms with Crippen molar-refractivity contribution < 1.29 is 0 Å². The van der Waals surface area contributed by atoms with Gasteiger partial charge in [0, 0.05) is 26.9 Å². The van der Waals surface area contributed by atoms with E-state index in [4.69, 9.17) is 28.2 Å². The molecule has 0 aliphatic heterocycles. The molecule has 0 fully saturated rings. The van der Waals surface area contributed by atoms with Crippen LogP contribution in [-0.2, 0) is 0 Å². The van der Waals surface area contributed by atoms with E-state index in [1.165, 1.54) is 0 Å². The van der Waals surface area contributed by atoms with Crippen LogP contribution in [0.5, 0.6) is 0 Å². The van der Waals surface area contributed by atoms with Gasteiger partial charge in [-0.3, -0.25) is 0 Å². The maximum absolute atomic E-state index is 6.27. The molecule has 0 aliphatic rings. The summed E-state index contributed by atoms with van der Waals surface area (Å²) < 4.78 is 0. The van der Waals surface area contributed by atoms with Gasteiger partial charge in [-0.15, -0.1) is 0 Å². The third kappa shape index (κ3) is 4.84. The Kier molecular flexibility index (Phi) is 6.80. The maximum atomic E-state index is 6.27. The van der Waals surface area contributed by atoms with Crippen LogP contribution in [0.25, 0.3) is 21.8 Å². The second-order valence-corrected chi connectivity index (χ2v) is 7.90. The van der Waals surface area contributed by atoms with Crippen molar-refractivity contribution in [2.75, 3.05) is 25.0 Å². The van der Waals surface area contributed by atoms with Crippen LogP contribution in [0, 0.1) is 0 Å². The zero-order valence-corrected chi connectivity index (χ0v) is 17.7. The molecule has 0 aliphatic carbocycles. The van der Waals surface area contributed by atoms with Crippen molar-refractivity contribution in [3.63, 3.8) is 0 Å². The molecule has 0 saturated heterocycles. The quantitative estimate of drug-likeness (QED) is 0.428. The summed E-state index contributed by atoms with van der Waals surface area (Å²) in [4.78, 5) is 7.23. The predicted molar refractivity (Wildman–Crippen MR) is 119 cm³/mol. The Hall–Kier alpha value is -1.55. The minimum Gasteiger partial charge on any atom is -0.381 e. The number of hydrogen-bond acceptors (Lipinski definition) is 3. The number of nitrogens with zero attached hydrogens (tertiary/aromatic N) is 2. The van der Waals surface area contributed by atoms with E-state index in [-0.39, 0.29) is 0 Å². The van der Waals surface area contributed by atoms with Crippen molar-refractivity contribution in [3.8, 4) is 0 Å². The topological polar surface area (TPSA) is 28.2 Å². The van der Waals surface area contributed by atoms with E-state index in [1.807, 2.05) is 36.4 Å². The van der Waals surface area contributed by atoms with Gasteiger partial charge in [-0.1, -0.05) is 37.0 Å². The van der Waals surface area contributed by atoms with Crippen LogP contribution in [0.3, 0.4) is 0 Å². The number of anilines is 1. The highest BCUT2D eigenvalue weighted by Crippen LogP contribution is 2.34. The molecule has 0 radical (unpaired) electrons. The number of rotatable bonds is 8. The van der Waals surface area contributed by atoms with Gasteiger partial charge in [0.25, 0.3) is 0 Å². The number of halogens is 2. The van der Waals surface area contributed by atoms with E-state index in [0.29, 0.717) is 16.1 Å². The monoisotopic (exact) mass is 403 g/mol. The van der Waals surface area contributed by atoms with E-state index < -0.39 is 0 Å². The SMILES string of the molecule is CCN(CC)CCCC(C)Nc1c2cc(Cl)ccc2nc2ccc(Cl)cc12. The van der Waals surface area contributed by atoms with Gasteiger partial charge in [0.15, 0.2) is 0 Å². The fourth-order valence-electron chi connectivity index (χ4n) is 3.52. The first kappa shape index (κ1) is 20.2. The van der Waals surface area contributed by atoms with Crippen molar-refractivity contribution in [2.45, 2.75) is 39.7 Å². The molecular weight excluding hydrogens is 377 g/mol. The molecule has 1 aromatic heterocycles. The molecule has 0 amide bonds. The summed E-state index contributed by atoms with van der Waals surface area (Å²) in [5.74, 6) is 0. The van der Waals surface area contributed by atoms with Crippen LogP contribution in [0.4, 0.5) is 5.69 Å². The van der Waals surface area contributed by atoms with Gasteiger partial charge in [0.2, 0.25) is 0 Å². The highest BCUT2D eigenvalue weighted by atomic mass is 35.5. The highest BCUT2D eigenvalue weighted by molar-refractivity contribution is 6.32. The summed E-state index contributed by atoms with van der Waals surface area (Å²) in [5.41, 5.74) is 2.94. The second-order valence-electron chi connectivity index (χ2n) is 7.02. The van der Waals surface area contributed by atoms with Crippen LogP contribution in [0.2, 0.25) is 10.0 Å². The summed E-state index contributed by atoms with van der Waals surface area (Å²) in [6.07, 6.45) is 2.27. The molecule has 0 bridgehead atoms. The Morgan fingerprint density at radius 3 is 2.04 bits per heavy atom. The maximum Gasteiger partial charge on any atom is 0.0731 e. The summed E-state index contributed by atoms with van der Waals surface area (Å²) in [5, 5.41) is 7.21. The molecule has 2 aromatic carbocycles. The van der Waals surface area contributed by atoms with Crippen LogP contribution >= 0.6 is 23.2 Å². The molecule has 1 heterocycles. The Morgan fingerprint density at radius 2 is 1.52 bits per heavy atom. The number of hydrogen-bond donors (Lipinski definition) is 1. The van der Waals surface area contributed by atoms with Gasteiger partial charge < -0.3 is 10.2 Å². The lowest BCUT2D eigenvalue weighted by molar-refractivity contribution is 0.295. The minimum absolute atomic E-state index is 0.340. The third-order valence-electron chi connectivity index (χ3n) is 5.09. The van der Waals surface area contributed by atoms with Crippen molar-refractivity contribution >= 4 is 50.7 Å². The first-order chi connectivity index (χ1) is 13.0. The Balaban J connectivity index is 1.90. The van der Waals surface area contributed by atoms with E-state index in [2.05, 4.69) is 31.0 Å². The zero-order chi connectivity index (χ0) is 19.4. The summed E-state index contributed by atoms with van der Waals surface area (Å²) in [6, 6.07) is 12.0. The Labute approximate surface area is 171 Å². The first-order valence-electron chi connectivity index (χ1n) is 9.69. The number of aromatic nitrogens is 1. The number of pyridine rings is 1. The molecule has 0 spiro atoms. The van der Waals surface area contributed by atoms with Gasteiger partial charge in [0.05, 0.1) is 16.7 Å². The average molecular weight is 404 g/mol. The zero-order valence-electron chi connectivity index (χ0n) is 16.2. The largest absolute Gasteiger partial charge is 0.381 e. The smallest absolute Gasteiger partial charge is 0.0731 e. The lowest BCUT2D eigenvalue weighted by Crippen LogP contribution is -2.25. The minimum atomic E-state index is 0.340. The van der Waals surface area contributed by atoms with Gasteiger partial charge in [-0.05, 0) is 75.8 Å². The van der Waals surface area contributed by atoms with Gasteiger partial charge in [-0.25, -0.2) is 4.98 Å². The lowest BCUT2D eigenvalue weighted by atomic mass is 10.1. The Morgan fingerprint density at radius 1 is 0.963 bits per heavy atom. The van der Waals surface area contributed by atoms with E-state index in [1.54, 1.807) is 0 Å². The van der Waals surface area contributed by atoms with Crippen LogP contribution in [-0.4, -0.2) is 35.6 Å². The van der Waals surface area contributed by atoms with Gasteiger partial charge in [-0.2, -0.15) is 0 Å². The highest BCUT2D eigenvalue weighted by Gasteiger charge is 2.13. The van der Waals surface area contributed by atoms with Crippen molar-refractivity contribution in [1.82, 2.24) is 9.88 Å². The molecule has 3 aromatic rings. The molecular formula is C22H27Cl2N3. The molecule has 3 rings (SSSR count). The molecule has 3 nitrogen and oxygen atoms in total. The van der Waals surface area contributed by atoms with E-state index in [9.17, 15) is 0 Å². The summed E-state index contributed by atoms with van der Waals surface area (Å²) >= 11 is 12.5. The molecule has 1 unspecified atom stereocenters. The van der Waals surface area contributed by atoms with Crippen molar-refractivity contribution in [1.29, 1.82) is 0 Å². The fourth-order valence-corrected chi connectivity index (χ4v) is 3.87. The first-order valence-corrected chi connectivity index (χ1v) is 10.4. The standard InChI is InChI=1S/C22H27Cl2N3/c1-4-27(5-2)12-6-7-15(3)25-22-18-13-16(23)8-10-20(18)26-21-11-9-17(24)14-19(21)22/h8-11,13-15H,4-7,12H2,1-3H3,(H,25,26). The van der Waals surface area contributed by atoms with Gasteiger partial charge >= 0.3 is 0 Å². The second kappa shape index (κ2) is 9.09. The summed E-state index contributed by atoms with van der Waals surface area (Å²) in [7, 11) is 0. The van der Waals surface area contributed by atoms with Gasteiger partial charge in [0.1, 0.15) is 0 Å². The number of nitrogens with one attached hydrogen (secondary N) is 1. The molecule has 1 atom stereocenters. The fraction of sp³-hybridized carbons (Fsp3) is 0.409. The van der Waals surface area contributed by atoms with Crippen LogP contribution < -0.4 is 5.32 Å². The lowest BCUT2D eigenvalue weighted by Gasteiger charge is -2.21. The van der Waals surface area contributed by atoms with Crippen LogP contribution in [0.1, 0.15) is 33.6 Å². The van der Waals surface area contributed by atoms with Crippen molar-refractivity contribution in [2.24, 2.45) is 0 Å². The van der Waals surface area contributed by atoms with E-state index in [0.717, 1.165) is 60.0 Å². The molecule has 27 heavy (non-hydrogen) atoms. The average Bonchev–Trinajstić information content (AvgIpc) is 2.66.